The van der Waals surface area contributed by atoms with Gasteiger partial charge in [-0.25, -0.2) is 0 Å². The lowest BCUT2D eigenvalue weighted by Crippen LogP contribution is -2.64. The normalized spacial score (nSPS) is 40.7. The predicted molar refractivity (Wildman–Crippen MR) is 162 cm³/mol. The molecule has 0 radical (unpaired) electrons. The van der Waals surface area contributed by atoms with Gasteiger partial charge in [0.25, 0.3) is 0 Å². The zero-order valence-corrected chi connectivity index (χ0v) is 25.1. The Morgan fingerprint density at radius 2 is 1.73 bits per heavy atom. The van der Waals surface area contributed by atoms with Crippen LogP contribution in [0.4, 0.5) is 0 Å². The van der Waals surface area contributed by atoms with E-state index in [4.69, 9.17) is 14.2 Å². The highest BCUT2D eigenvalue weighted by Crippen LogP contribution is 2.35. The van der Waals surface area contributed by atoms with E-state index in [0.717, 1.165) is 57.8 Å². The van der Waals surface area contributed by atoms with Crippen molar-refractivity contribution in [2.75, 3.05) is 46.0 Å². The van der Waals surface area contributed by atoms with Gasteiger partial charge in [0.1, 0.15) is 35.9 Å². The van der Waals surface area contributed by atoms with Crippen LogP contribution >= 0.6 is 11.8 Å². The largest absolute Gasteiger partial charge is 0.388 e. The fourth-order valence-corrected chi connectivity index (χ4v) is 7.46. The number of fused-ring (bicyclic) bond motifs is 3. The van der Waals surface area contributed by atoms with Gasteiger partial charge in [0.15, 0.2) is 0 Å². The Bertz CT molecular complexity index is 812. The van der Waals surface area contributed by atoms with Crippen molar-refractivity contribution in [1.82, 2.24) is 15.5 Å². The average Bonchev–Trinajstić information content (AvgIpc) is 3.19. The third-order valence-electron chi connectivity index (χ3n) is 8.13. The molecule has 41 heavy (non-hydrogen) atoms. The average molecular weight is 602 g/mol. The number of allylic oxidation sites excluding steroid dienone is 1. The second-order valence-electron chi connectivity index (χ2n) is 12.4. The summed E-state index contributed by atoms with van der Waals surface area (Å²) in [5, 5.41) is 38.9. The van der Waals surface area contributed by atoms with E-state index in [2.05, 4.69) is 42.4 Å². The number of carbonyl (C=O) groups excluding carboxylic acids is 1. The lowest BCUT2D eigenvalue weighted by atomic mass is 9.92. The van der Waals surface area contributed by atoms with Gasteiger partial charge in [-0.3, -0.25) is 9.69 Å². The molecule has 1 amide bonds. The topological polar surface area (TPSA) is 133 Å². The Balaban J connectivity index is 0.000000869. The van der Waals surface area contributed by atoms with Crippen molar-refractivity contribution in [2.24, 2.45) is 11.8 Å². The fraction of sp³-hybridized carbons (Fsp3) is 0.900. The minimum Gasteiger partial charge on any atom is -0.388 e. The first-order chi connectivity index (χ1) is 19.2. The summed E-state index contributed by atoms with van der Waals surface area (Å²) in [5.74, 6) is 0.982. The summed E-state index contributed by atoms with van der Waals surface area (Å²) in [7, 11) is 0. The number of hydrogen-bond donors (Lipinski definition) is 5. The molecular weight excluding hydrogens is 546 g/mol. The molecule has 4 saturated heterocycles. The molecule has 10 unspecified atom stereocenters. The molecule has 0 aromatic carbocycles. The summed E-state index contributed by atoms with van der Waals surface area (Å²) in [4.78, 5) is 15.7. The smallest absolute Gasteiger partial charge is 0.240 e. The van der Waals surface area contributed by atoms with Crippen molar-refractivity contribution in [3.63, 3.8) is 0 Å². The predicted octanol–water partition coefficient (Wildman–Crippen LogP) is 1.52. The number of amides is 1. The molecule has 5 aliphatic rings. The van der Waals surface area contributed by atoms with Gasteiger partial charge in [0.05, 0.1) is 25.4 Å². The van der Waals surface area contributed by atoms with Crippen LogP contribution in [0.2, 0.25) is 0 Å². The summed E-state index contributed by atoms with van der Waals surface area (Å²) < 4.78 is 17.7. The van der Waals surface area contributed by atoms with Crippen LogP contribution in [0.5, 0.6) is 0 Å². The number of ether oxygens (including phenoxy) is 3. The molecule has 0 spiro atoms. The molecule has 2 bridgehead atoms. The molecule has 5 rings (SSSR count). The van der Waals surface area contributed by atoms with Crippen molar-refractivity contribution in [3.05, 3.63) is 12.2 Å². The highest BCUT2D eigenvalue weighted by Gasteiger charge is 2.49. The molecule has 5 heterocycles. The van der Waals surface area contributed by atoms with Crippen molar-refractivity contribution in [3.8, 4) is 0 Å². The lowest BCUT2D eigenvalue weighted by Gasteiger charge is -2.45. The second-order valence-corrected chi connectivity index (χ2v) is 13.8. The number of aliphatic hydroxyl groups is 3. The first kappa shape index (κ1) is 34.7. The maximum atomic E-state index is 13.4. The summed E-state index contributed by atoms with van der Waals surface area (Å²) in [6.45, 7) is 11.9. The number of hydrogen-bond acceptors (Lipinski definition) is 10. The van der Waals surface area contributed by atoms with Crippen molar-refractivity contribution < 1.29 is 34.3 Å². The summed E-state index contributed by atoms with van der Waals surface area (Å²) in [5.41, 5.74) is -0.704. The highest BCUT2D eigenvalue weighted by molar-refractivity contribution is 8.00. The van der Waals surface area contributed by atoms with Crippen molar-refractivity contribution >= 4 is 17.7 Å². The van der Waals surface area contributed by atoms with Crippen LogP contribution in [0.3, 0.4) is 0 Å². The molecule has 238 valence electrons. The molecule has 0 aliphatic carbocycles. The molecule has 10 nitrogen and oxygen atoms in total. The van der Waals surface area contributed by atoms with E-state index in [1.165, 1.54) is 11.8 Å². The Morgan fingerprint density at radius 1 is 1.02 bits per heavy atom. The minimum absolute atomic E-state index is 0. The van der Waals surface area contributed by atoms with E-state index < -0.39 is 41.9 Å². The molecule has 5 N–H and O–H groups in total. The van der Waals surface area contributed by atoms with Gasteiger partial charge >= 0.3 is 0 Å². The van der Waals surface area contributed by atoms with Crippen LogP contribution in [-0.4, -0.2) is 125 Å². The Morgan fingerprint density at radius 3 is 2.46 bits per heavy atom. The van der Waals surface area contributed by atoms with Gasteiger partial charge in [-0.2, -0.15) is 0 Å². The van der Waals surface area contributed by atoms with Crippen molar-refractivity contribution in [1.29, 1.82) is 0 Å². The molecule has 11 heteroatoms. The summed E-state index contributed by atoms with van der Waals surface area (Å²) in [6.07, 6.45) is 3.67. The number of rotatable bonds is 4. The third-order valence-corrected chi connectivity index (χ3v) is 9.52. The molecule has 0 saturated carbocycles. The number of carbonyl (C=O) groups is 1. The standard InChI is InChI=1S/C25H41N3O7S.C4H10.CH4/c29-19-20(30)23-17(27-24(32)18-22-15(13-26-18)5-3-4-10-34-22)7-2-1-6-16(36-25(35-23)21(19)31)14-28-8-11-33-12-9-28;1-4(2)3;/h1-2,15-23,25-26,29-31H,3-14H2,(H,27,32);4H,1-3H3;1H4/b2-1-;;. The second kappa shape index (κ2) is 16.9. The van der Waals surface area contributed by atoms with Crippen molar-refractivity contribution in [2.45, 2.75) is 114 Å². The van der Waals surface area contributed by atoms with Crippen LogP contribution in [-0.2, 0) is 19.0 Å². The molecular formula is C30H55N3O7S. The Hall–Kier alpha value is -0.760. The van der Waals surface area contributed by atoms with E-state index in [-0.39, 0.29) is 24.7 Å². The van der Waals surface area contributed by atoms with E-state index in [1.807, 2.05) is 6.08 Å². The van der Waals surface area contributed by atoms with E-state index in [0.29, 0.717) is 32.2 Å². The van der Waals surface area contributed by atoms with Crippen LogP contribution in [0.1, 0.15) is 60.3 Å². The van der Waals surface area contributed by atoms with E-state index in [1.54, 1.807) is 0 Å². The number of thioether (sulfide) groups is 1. The van der Waals surface area contributed by atoms with Gasteiger partial charge < -0.3 is 40.2 Å². The Kier molecular flexibility index (Phi) is 14.3. The molecule has 0 aromatic heterocycles. The zero-order valence-electron chi connectivity index (χ0n) is 24.3. The Labute approximate surface area is 250 Å². The zero-order chi connectivity index (χ0) is 28.6. The summed E-state index contributed by atoms with van der Waals surface area (Å²) >= 11 is 1.49. The summed E-state index contributed by atoms with van der Waals surface area (Å²) in [6, 6.07) is -0.997. The quantitative estimate of drug-likeness (QED) is 0.302. The van der Waals surface area contributed by atoms with Gasteiger partial charge in [-0.1, -0.05) is 46.8 Å². The molecule has 5 aliphatic heterocycles. The number of nitrogens with zero attached hydrogens (tertiary/aromatic N) is 1. The SMILES string of the molecule is C.CC(C)C.O=C(NC1C/C=C\CC(CN2CCOCC2)SC2OC1C(O)C(O)C2O)C1NCC2CCCCOC21. The van der Waals surface area contributed by atoms with Gasteiger partial charge in [0.2, 0.25) is 5.91 Å². The van der Waals surface area contributed by atoms with E-state index >= 15 is 0 Å². The highest BCUT2D eigenvalue weighted by atomic mass is 32.2. The van der Waals surface area contributed by atoms with Gasteiger partial charge in [-0.05, 0) is 37.5 Å². The number of aliphatic hydroxyl groups excluding tert-OH is 3. The van der Waals surface area contributed by atoms with Crippen LogP contribution in [0, 0.1) is 11.8 Å². The molecule has 4 fully saturated rings. The van der Waals surface area contributed by atoms with Crippen LogP contribution in [0.15, 0.2) is 12.2 Å². The lowest BCUT2D eigenvalue weighted by molar-refractivity contribution is -0.205. The van der Waals surface area contributed by atoms with Crippen LogP contribution < -0.4 is 10.6 Å². The van der Waals surface area contributed by atoms with Gasteiger partial charge in [0, 0.05) is 38.0 Å². The number of nitrogens with one attached hydrogen (secondary N) is 2. The number of morpholine rings is 1. The molecule has 0 aromatic rings. The first-order valence-electron chi connectivity index (χ1n) is 15.2. The third kappa shape index (κ3) is 9.61. The minimum atomic E-state index is -1.35. The maximum absolute atomic E-state index is 13.4. The molecule has 10 atom stereocenters. The van der Waals surface area contributed by atoms with E-state index in [9.17, 15) is 20.1 Å². The monoisotopic (exact) mass is 601 g/mol. The van der Waals surface area contributed by atoms with Gasteiger partial charge in [-0.15, -0.1) is 11.8 Å². The van der Waals surface area contributed by atoms with Crippen LogP contribution in [0.25, 0.3) is 0 Å². The maximum Gasteiger partial charge on any atom is 0.240 e. The first-order valence-corrected chi connectivity index (χ1v) is 16.1. The fourth-order valence-electron chi connectivity index (χ4n) is 6.04.